The SMILES string of the molecule is CC1(C)c2cc(-c3ccc4ccccc4c3)ccc2-n2c(-c3ccccc3)nc3cccc1c32. The van der Waals surface area contributed by atoms with Gasteiger partial charge in [0.25, 0.3) is 0 Å². The fourth-order valence-electron chi connectivity index (χ4n) is 5.57. The van der Waals surface area contributed by atoms with Crippen LogP contribution in [-0.4, -0.2) is 9.55 Å². The lowest BCUT2D eigenvalue weighted by Crippen LogP contribution is -2.26. The van der Waals surface area contributed by atoms with Crippen LogP contribution in [0.4, 0.5) is 0 Å². The number of hydrogen-bond donors (Lipinski definition) is 0. The molecule has 1 aromatic heterocycles. The predicted octanol–water partition coefficient (Wildman–Crippen LogP) is 8.15. The molecular formula is C32H24N2. The van der Waals surface area contributed by atoms with Gasteiger partial charge in [-0.1, -0.05) is 98.8 Å². The molecule has 1 aliphatic heterocycles. The maximum atomic E-state index is 5.10. The van der Waals surface area contributed by atoms with E-state index in [2.05, 4.69) is 128 Å². The molecule has 5 aromatic carbocycles. The first-order valence-electron chi connectivity index (χ1n) is 11.8. The van der Waals surface area contributed by atoms with Gasteiger partial charge < -0.3 is 0 Å². The van der Waals surface area contributed by atoms with Gasteiger partial charge in [-0.25, -0.2) is 4.98 Å². The van der Waals surface area contributed by atoms with Gasteiger partial charge in [0.2, 0.25) is 0 Å². The van der Waals surface area contributed by atoms with Gasteiger partial charge in [-0.15, -0.1) is 0 Å². The van der Waals surface area contributed by atoms with E-state index >= 15 is 0 Å². The third-order valence-electron chi connectivity index (χ3n) is 7.38. The van der Waals surface area contributed by atoms with Crippen LogP contribution in [0.1, 0.15) is 25.0 Å². The van der Waals surface area contributed by atoms with Crippen LogP contribution in [0.15, 0.2) is 109 Å². The highest BCUT2D eigenvalue weighted by molar-refractivity contribution is 5.91. The van der Waals surface area contributed by atoms with E-state index in [9.17, 15) is 0 Å². The molecule has 0 radical (unpaired) electrons. The lowest BCUT2D eigenvalue weighted by Gasteiger charge is -2.35. The molecule has 6 aromatic rings. The van der Waals surface area contributed by atoms with Crippen LogP contribution in [0.25, 0.3) is 50.0 Å². The second-order valence-electron chi connectivity index (χ2n) is 9.73. The molecule has 162 valence electrons. The largest absolute Gasteiger partial charge is 0.292 e. The molecule has 0 saturated heterocycles. The molecule has 34 heavy (non-hydrogen) atoms. The molecule has 2 heterocycles. The monoisotopic (exact) mass is 436 g/mol. The number of hydrogen-bond acceptors (Lipinski definition) is 1. The highest BCUT2D eigenvalue weighted by Crippen LogP contribution is 2.47. The molecule has 2 nitrogen and oxygen atoms in total. The quantitative estimate of drug-likeness (QED) is 0.268. The zero-order chi connectivity index (χ0) is 22.9. The number of nitrogens with zero attached hydrogens (tertiary/aromatic N) is 2. The van der Waals surface area contributed by atoms with E-state index < -0.39 is 0 Å². The first-order chi connectivity index (χ1) is 16.6. The smallest absolute Gasteiger partial charge is 0.145 e. The van der Waals surface area contributed by atoms with Gasteiger partial charge in [0.05, 0.1) is 16.7 Å². The molecule has 0 spiro atoms. The summed E-state index contributed by atoms with van der Waals surface area (Å²) in [4.78, 5) is 5.10. The number of rotatable bonds is 2. The zero-order valence-electron chi connectivity index (χ0n) is 19.3. The van der Waals surface area contributed by atoms with E-state index in [0.29, 0.717) is 0 Å². The summed E-state index contributed by atoms with van der Waals surface area (Å²) >= 11 is 0. The Balaban J connectivity index is 1.50. The van der Waals surface area contributed by atoms with Crippen molar-refractivity contribution in [3.05, 3.63) is 120 Å². The minimum Gasteiger partial charge on any atom is -0.292 e. The summed E-state index contributed by atoms with van der Waals surface area (Å²) in [5.74, 6) is 0.998. The van der Waals surface area contributed by atoms with Crippen LogP contribution < -0.4 is 0 Å². The number of imidazole rings is 1. The van der Waals surface area contributed by atoms with Gasteiger partial charge in [0.1, 0.15) is 5.82 Å². The van der Waals surface area contributed by atoms with Gasteiger partial charge in [0, 0.05) is 11.0 Å². The maximum absolute atomic E-state index is 5.10. The fourth-order valence-corrected chi connectivity index (χ4v) is 5.57. The molecule has 0 atom stereocenters. The van der Waals surface area contributed by atoms with Crippen molar-refractivity contribution in [1.29, 1.82) is 0 Å². The molecule has 0 aliphatic carbocycles. The minimum absolute atomic E-state index is 0.133. The van der Waals surface area contributed by atoms with Crippen LogP contribution >= 0.6 is 0 Å². The van der Waals surface area contributed by atoms with Crippen molar-refractivity contribution in [1.82, 2.24) is 9.55 Å². The summed E-state index contributed by atoms with van der Waals surface area (Å²) in [7, 11) is 0. The van der Waals surface area contributed by atoms with Crippen LogP contribution in [0.2, 0.25) is 0 Å². The van der Waals surface area contributed by atoms with Crippen molar-refractivity contribution in [3.8, 4) is 28.2 Å². The van der Waals surface area contributed by atoms with Crippen LogP contribution in [0, 0.1) is 0 Å². The Morgan fingerprint density at radius 2 is 1.32 bits per heavy atom. The van der Waals surface area contributed by atoms with Crippen molar-refractivity contribution < 1.29 is 0 Å². The van der Waals surface area contributed by atoms with Crippen molar-refractivity contribution in [3.63, 3.8) is 0 Å². The first kappa shape index (κ1) is 19.3. The Kier molecular flexibility index (Phi) is 3.93. The van der Waals surface area contributed by atoms with Gasteiger partial charge in [-0.3, -0.25) is 4.57 Å². The Labute approximate surface area is 199 Å². The highest BCUT2D eigenvalue weighted by atomic mass is 15.1. The molecule has 0 unspecified atom stereocenters. The Morgan fingerprint density at radius 3 is 2.18 bits per heavy atom. The van der Waals surface area contributed by atoms with Crippen LogP contribution in [0.5, 0.6) is 0 Å². The highest BCUT2D eigenvalue weighted by Gasteiger charge is 2.35. The molecule has 0 amide bonds. The van der Waals surface area contributed by atoms with Crippen LogP contribution in [0.3, 0.4) is 0 Å². The van der Waals surface area contributed by atoms with Gasteiger partial charge in [0.15, 0.2) is 0 Å². The van der Waals surface area contributed by atoms with Crippen molar-refractivity contribution in [2.24, 2.45) is 0 Å². The zero-order valence-corrected chi connectivity index (χ0v) is 19.3. The maximum Gasteiger partial charge on any atom is 0.145 e. The molecule has 0 saturated carbocycles. The Hall–Kier alpha value is -4.17. The number of fused-ring (bicyclic) bond motifs is 3. The third-order valence-corrected chi connectivity index (χ3v) is 7.38. The van der Waals surface area contributed by atoms with Crippen LogP contribution in [-0.2, 0) is 5.41 Å². The minimum atomic E-state index is -0.133. The Morgan fingerprint density at radius 1 is 0.588 bits per heavy atom. The molecule has 0 bridgehead atoms. The average Bonchev–Trinajstić information content (AvgIpc) is 3.28. The second kappa shape index (κ2) is 6.91. The second-order valence-corrected chi connectivity index (χ2v) is 9.73. The summed E-state index contributed by atoms with van der Waals surface area (Å²) < 4.78 is 2.37. The molecule has 7 rings (SSSR count). The third kappa shape index (κ3) is 2.66. The summed E-state index contributed by atoms with van der Waals surface area (Å²) in [5.41, 5.74) is 9.63. The van der Waals surface area contributed by atoms with Gasteiger partial charge in [-0.2, -0.15) is 0 Å². The fraction of sp³-hybridized carbons (Fsp3) is 0.0938. The molecule has 0 N–H and O–H groups in total. The summed E-state index contributed by atoms with van der Waals surface area (Å²) in [5, 5.41) is 2.54. The van der Waals surface area contributed by atoms with Crippen molar-refractivity contribution in [2.75, 3.05) is 0 Å². The standard InChI is InChI=1S/C32H24N2/c1-32(2)26-13-8-14-28-30(26)34(31(33-28)22-10-4-3-5-11-22)29-18-17-25(20-27(29)32)24-16-15-21-9-6-7-12-23(21)19-24/h3-20H,1-2H3. The number of para-hydroxylation sites is 1. The predicted molar refractivity (Wildman–Crippen MR) is 142 cm³/mol. The first-order valence-corrected chi connectivity index (χ1v) is 11.8. The lowest BCUT2D eigenvalue weighted by atomic mass is 9.74. The summed E-state index contributed by atoms with van der Waals surface area (Å²) in [6, 6.07) is 39.3. The summed E-state index contributed by atoms with van der Waals surface area (Å²) in [6.07, 6.45) is 0. The van der Waals surface area contributed by atoms with Crippen molar-refractivity contribution in [2.45, 2.75) is 19.3 Å². The molecule has 2 heteroatoms. The van der Waals surface area contributed by atoms with E-state index in [1.54, 1.807) is 0 Å². The van der Waals surface area contributed by atoms with Gasteiger partial charge in [-0.05, 0) is 57.3 Å². The topological polar surface area (TPSA) is 17.8 Å². The molecule has 0 fully saturated rings. The van der Waals surface area contributed by atoms with Gasteiger partial charge >= 0.3 is 0 Å². The van der Waals surface area contributed by atoms with Crippen molar-refractivity contribution >= 4 is 21.8 Å². The number of benzene rings is 5. The lowest BCUT2D eigenvalue weighted by molar-refractivity contribution is 0.629. The summed E-state index contributed by atoms with van der Waals surface area (Å²) in [6.45, 7) is 4.67. The van der Waals surface area contributed by atoms with E-state index in [1.807, 2.05) is 0 Å². The van der Waals surface area contributed by atoms with E-state index in [0.717, 1.165) is 16.9 Å². The van der Waals surface area contributed by atoms with E-state index in [1.165, 1.54) is 44.2 Å². The molecular weight excluding hydrogens is 412 g/mol. The van der Waals surface area contributed by atoms with E-state index in [-0.39, 0.29) is 5.41 Å². The molecule has 1 aliphatic rings. The average molecular weight is 437 g/mol. The number of aromatic nitrogens is 2. The van der Waals surface area contributed by atoms with E-state index in [4.69, 9.17) is 4.98 Å². The Bertz CT molecular complexity index is 1720. The normalized spacial score (nSPS) is 13.8.